The molecule has 6 heteroatoms. The number of halogens is 1. The van der Waals surface area contributed by atoms with Gasteiger partial charge in [-0.2, -0.15) is 0 Å². The van der Waals surface area contributed by atoms with E-state index < -0.39 is 6.10 Å². The second-order valence-electron chi connectivity index (χ2n) is 6.30. The van der Waals surface area contributed by atoms with Gasteiger partial charge in [0.15, 0.2) is 5.13 Å². The number of anilines is 1. The highest BCUT2D eigenvalue weighted by atomic mass is 35.5. The molecule has 2 unspecified atom stereocenters. The number of thiazole rings is 1. The summed E-state index contributed by atoms with van der Waals surface area (Å²) in [6.45, 7) is 1.98. The van der Waals surface area contributed by atoms with E-state index >= 15 is 0 Å². The summed E-state index contributed by atoms with van der Waals surface area (Å²) in [6, 6.07) is 10.4. The minimum Gasteiger partial charge on any atom is -0.388 e. The molecule has 1 aromatic carbocycles. The van der Waals surface area contributed by atoms with Crippen LogP contribution in [0.3, 0.4) is 0 Å². The molecule has 0 bridgehead atoms. The maximum absolute atomic E-state index is 10.6. The summed E-state index contributed by atoms with van der Waals surface area (Å²) in [7, 11) is 0. The molecule has 2 atom stereocenters. The fourth-order valence-corrected chi connectivity index (χ4v) is 4.09. The Morgan fingerprint density at radius 1 is 1.25 bits per heavy atom. The van der Waals surface area contributed by atoms with Crippen LogP contribution in [0.25, 0.3) is 0 Å². The summed E-state index contributed by atoms with van der Waals surface area (Å²) in [5.74, 6) is 0. The normalized spacial score (nSPS) is 20.1. The molecule has 1 aliphatic rings. The predicted molar refractivity (Wildman–Crippen MR) is 102 cm³/mol. The summed E-state index contributed by atoms with van der Waals surface area (Å²) in [4.78, 5) is 7.88. The molecule has 1 aliphatic heterocycles. The van der Waals surface area contributed by atoms with Crippen LogP contribution in [-0.4, -0.2) is 27.6 Å². The molecule has 0 amide bonds. The maximum atomic E-state index is 10.6. The highest BCUT2D eigenvalue weighted by molar-refractivity contribution is 7.15. The Morgan fingerprint density at radius 2 is 2.04 bits per heavy atom. The van der Waals surface area contributed by atoms with E-state index in [9.17, 15) is 5.11 Å². The summed E-state index contributed by atoms with van der Waals surface area (Å²) in [5, 5.41) is 11.2. The standard InChI is InChI=1S/C18H25N3OS.ClH/c19-18-20-12-16(23-18)13-21-10-6-2-5-9-15(21)11-17(22)14-7-3-1-4-8-14;/h1,3-4,7-8,12,15,17,22H,2,5-6,9-11,13H2,(H2,19,20);1H. The van der Waals surface area contributed by atoms with E-state index in [1.165, 1.54) is 24.1 Å². The van der Waals surface area contributed by atoms with Gasteiger partial charge in [-0.05, 0) is 31.4 Å². The van der Waals surface area contributed by atoms with Crippen LogP contribution in [0.2, 0.25) is 0 Å². The highest BCUT2D eigenvalue weighted by Gasteiger charge is 2.24. The van der Waals surface area contributed by atoms with Gasteiger partial charge >= 0.3 is 0 Å². The van der Waals surface area contributed by atoms with E-state index in [4.69, 9.17) is 5.73 Å². The van der Waals surface area contributed by atoms with Gasteiger partial charge in [-0.25, -0.2) is 4.98 Å². The van der Waals surface area contributed by atoms with Gasteiger partial charge in [0.05, 0.1) is 6.10 Å². The lowest BCUT2D eigenvalue weighted by molar-refractivity contribution is 0.0980. The lowest BCUT2D eigenvalue weighted by Gasteiger charge is -2.31. The summed E-state index contributed by atoms with van der Waals surface area (Å²) in [5.41, 5.74) is 6.77. The van der Waals surface area contributed by atoms with E-state index in [-0.39, 0.29) is 12.4 Å². The molecule has 2 aromatic rings. The van der Waals surface area contributed by atoms with Gasteiger partial charge in [0, 0.05) is 23.7 Å². The number of aliphatic hydroxyl groups is 1. The molecule has 2 heterocycles. The van der Waals surface area contributed by atoms with E-state index in [0.717, 1.165) is 31.5 Å². The molecule has 0 saturated carbocycles. The first kappa shape index (κ1) is 19.2. The maximum Gasteiger partial charge on any atom is 0.180 e. The SMILES string of the molecule is Cl.Nc1ncc(CN2CCCCCC2CC(O)c2ccccc2)s1. The number of likely N-dealkylation sites (tertiary alicyclic amines) is 1. The van der Waals surface area contributed by atoms with Crippen molar-refractivity contribution < 1.29 is 5.11 Å². The summed E-state index contributed by atoms with van der Waals surface area (Å²) >= 11 is 1.57. The minimum absolute atomic E-state index is 0. The Hall–Kier alpha value is -1.14. The Morgan fingerprint density at radius 3 is 2.75 bits per heavy atom. The molecule has 132 valence electrons. The third-order valence-corrected chi connectivity index (χ3v) is 5.42. The van der Waals surface area contributed by atoms with Crippen LogP contribution in [0.4, 0.5) is 5.13 Å². The van der Waals surface area contributed by atoms with Crippen molar-refractivity contribution in [3.05, 3.63) is 47.0 Å². The van der Waals surface area contributed by atoms with Gasteiger partial charge in [-0.1, -0.05) is 43.2 Å². The number of nitrogen functional groups attached to an aromatic ring is 1. The van der Waals surface area contributed by atoms with Gasteiger partial charge in [-0.3, -0.25) is 4.90 Å². The quantitative estimate of drug-likeness (QED) is 0.837. The Labute approximate surface area is 154 Å². The molecular formula is C18H26ClN3OS. The number of benzene rings is 1. The number of hydrogen-bond donors (Lipinski definition) is 2. The molecule has 0 aliphatic carbocycles. The monoisotopic (exact) mass is 367 g/mol. The van der Waals surface area contributed by atoms with E-state index in [1.807, 2.05) is 36.5 Å². The fourth-order valence-electron chi connectivity index (χ4n) is 3.38. The van der Waals surface area contributed by atoms with Crippen LogP contribution >= 0.6 is 23.7 Å². The van der Waals surface area contributed by atoms with Crippen LogP contribution in [0.1, 0.15) is 48.6 Å². The molecule has 1 aromatic heterocycles. The van der Waals surface area contributed by atoms with Crippen molar-refractivity contribution in [1.29, 1.82) is 0 Å². The van der Waals surface area contributed by atoms with Gasteiger partial charge in [0.1, 0.15) is 0 Å². The Bertz CT molecular complexity index is 607. The van der Waals surface area contributed by atoms with Crippen LogP contribution in [0, 0.1) is 0 Å². The Balaban J connectivity index is 0.00000208. The fraction of sp³-hybridized carbons (Fsp3) is 0.500. The van der Waals surface area contributed by atoms with E-state index in [0.29, 0.717) is 11.2 Å². The smallest absolute Gasteiger partial charge is 0.180 e. The van der Waals surface area contributed by atoms with Crippen LogP contribution in [0.15, 0.2) is 36.5 Å². The van der Waals surface area contributed by atoms with Gasteiger partial charge in [-0.15, -0.1) is 23.7 Å². The first-order valence-electron chi connectivity index (χ1n) is 8.39. The molecule has 4 nitrogen and oxygen atoms in total. The highest BCUT2D eigenvalue weighted by Crippen LogP contribution is 2.28. The number of nitrogens with zero attached hydrogens (tertiary/aromatic N) is 2. The average Bonchev–Trinajstić information content (AvgIpc) is 2.85. The summed E-state index contributed by atoms with van der Waals surface area (Å²) < 4.78 is 0. The lowest BCUT2D eigenvalue weighted by atomic mass is 9.98. The van der Waals surface area contributed by atoms with Crippen LogP contribution in [0.5, 0.6) is 0 Å². The van der Waals surface area contributed by atoms with Crippen molar-refractivity contribution in [3.8, 4) is 0 Å². The molecule has 1 fully saturated rings. The molecule has 0 spiro atoms. The first-order chi connectivity index (χ1) is 11.2. The molecule has 24 heavy (non-hydrogen) atoms. The number of aliphatic hydroxyl groups excluding tert-OH is 1. The Kier molecular flexibility index (Phi) is 7.49. The average molecular weight is 368 g/mol. The molecule has 3 N–H and O–H groups in total. The van der Waals surface area contributed by atoms with Crippen molar-refractivity contribution in [1.82, 2.24) is 9.88 Å². The first-order valence-corrected chi connectivity index (χ1v) is 9.21. The molecule has 0 radical (unpaired) electrons. The van der Waals surface area contributed by atoms with Crippen LogP contribution < -0.4 is 5.73 Å². The zero-order valence-electron chi connectivity index (χ0n) is 13.8. The largest absolute Gasteiger partial charge is 0.388 e. The molecule has 1 saturated heterocycles. The zero-order valence-corrected chi connectivity index (χ0v) is 15.4. The van der Waals surface area contributed by atoms with Crippen molar-refractivity contribution in [3.63, 3.8) is 0 Å². The molecular weight excluding hydrogens is 342 g/mol. The minimum atomic E-state index is -0.395. The lowest BCUT2D eigenvalue weighted by Crippen LogP contribution is -2.35. The number of aromatic nitrogens is 1. The zero-order chi connectivity index (χ0) is 16.1. The molecule has 3 rings (SSSR count). The van der Waals surface area contributed by atoms with Crippen LogP contribution in [-0.2, 0) is 6.54 Å². The summed E-state index contributed by atoms with van der Waals surface area (Å²) in [6.07, 6.45) is 7.18. The number of rotatable bonds is 5. The van der Waals surface area contributed by atoms with Crippen molar-refractivity contribution in [2.45, 2.75) is 50.8 Å². The van der Waals surface area contributed by atoms with Gasteiger partial charge in [0.2, 0.25) is 0 Å². The van der Waals surface area contributed by atoms with Gasteiger partial charge in [0.25, 0.3) is 0 Å². The third kappa shape index (κ3) is 5.18. The van der Waals surface area contributed by atoms with E-state index in [2.05, 4.69) is 9.88 Å². The van der Waals surface area contributed by atoms with Crippen molar-refractivity contribution >= 4 is 28.9 Å². The number of nitrogens with two attached hydrogens (primary N) is 1. The number of hydrogen-bond acceptors (Lipinski definition) is 5. The predicted octanol–water partition coefficient (Wildman–Crippen LogP) is 4.02. The van der Waals surface area contributed by atoms with Crippen molar-refractivity contribution in [2.24, 2.45) is 0 Å². The van der Waals surface area contributed by atoms with Crippen molar-refractivity contribution in [2.75, 3.05) is 12.3 Å². The second-order valence-corrected chi connectivity index (χ2v) is 7.45. The van der Waals surface area contributed by atoms with E-state index in [1.54, 1.807) is 11.3 Å². The second kappa shape index (κ2) is 9.37. The van der Waals surface area contributed by atoms with Gasteiger partial charge < -0.3 is 10.8 Å². The topological polar surface area (TPSA) is 62.4 Å². The third-order valence-electron chi connectivity index (χ3n) is 4.61.